The van der Waals surface area contributed by atoms with E-state index in [1.807, 2.05) is 18.2 Å². The van der Waals surface area contributed by atoms with Crippen LogP contribution in [0.25, 0.3) is 0 Å². The summed E-state index contributed by atoms with van der Waals surface area (Å²) in [7, 11) is 5.08. The summed E-state index contributed by atoms with van der Waals surface area (Å²) in [5.41, 5.74) is 1.18. The number of aryl methyl sites for hydroxylation is 1. The maximum Gasteiger partial charge on any atom is 0.191 e. The van der Waals surface area contributed by atoms with Gasteiger partial charge in [0.25, 0.3) is 0 Å². The van der Waals surface area contributed by atoms with Crippen LogP contribution < -0.4 is 20.1 Å². The third kappa shape index (κ3) is 6.74. The van der Waals surface area contributed by atoms with E-state index in [0.717, 1.165) is 37.0 Å². The van der Waals surface area contributed by atoms with E-state index >= 15 is 0 Å². The number of nitrogens with one attached hydrogen (secondary N) is 2. The van der Waals surface area contributed by atoms with Crippen LogP contribution in [0.1, 0.15) is 15.3 Å². The Morgan fingerprint density at radius 1 is 1.08 bits per heavy atom. The number of nitrogens with zero attached hydrogens (tertiary/aromatic N) is 1. The number of benzene rings is 1. The van der Waals surface area contributed by atoms with Gasteiger partial charge >= 0.3 is 0 Å². The van der Waals surface area contributed by atoms with Gasteiger partial charge in [0.1, 0.15) is 0 Å². The van der Waals surface area contributed by atoms with E-state index in [0.29, 0.717) is 0 Å². The van der Waals surface area contributed by atoms with Crippen molar-refractivity contribution < 1.29 is 9.47 Å². The Balaban J connectivity index is 0.00000312. The molecular weight excluding hydrogens is 449 g/mol. The molecular formula is C18H26IN3O2S. The fraction of sp³-hybridized carbons (Fsp3) is 0.389. The standard InChI is InChI=1S/C18H25N3O2S.HI/c1-13-5-7-15(24-13)12-21-18(19-2)20-10-9-14-6-8-16(22-3)17(11-14)23-4;/h5-8,11H,9-10,12H2,1-4H3,(H2,19,20,21);1H. The van der Waals surface area contributed by atoms with E-state index in [1.165, 1.54) is 15.3 Å². The number of halogens is 1. The van der Waals surface area contributed by atoms with Crippen molar-refractivity contribution >= 4 is 41.3 Å². The molecule has 5 nitrogen and oxygen atoms in total. The first-order valence-electron chi connectivity index (χ1n) is 7.87. The summed E-state index contributed by atoms with van der Waals surface area (Å²) >= 11 is 1.80. The van der Waals surface area contributed by atoms with Crippen molar-refractivity contribution in [2.75, 3.05) is 27.8 Å². The van der Waals surface area contributed by atoms with Gasteiger partial charge in [-0.2, -0.15) is 0 Å². The molecule has 2 rings (SSSR count). The average molecular weight is 475 g/mol. The predicted octanol–water partition coefficient (Wildman–Crippen LogP) is 3.60. The first-order chi connectivity index (χ1) is 11.7. The van der Waals surface area contributed by atoms with Gasteiger partial charge < -0.3 is 20.1 Å². The second kappa shape index (κ2) is 11.2. The summed E-state index contributed by atoms with van der Waals surface area (Å²) in [4.78, 5) is 6.88. The number of thiophene rings is 1. The molecule has 1 aromatic carbocycles. The Kier molecular flexibility index (Phi) is 9.66. The SMILES string of the molecule is CN=C(NCCc1ccc(OC)c(OC)c1)NCc1ccc(C)s1.I. The molecule has 0 amide bonds. The highest BCUT2D eigenvalue weighted by Crippen LogP contribution is 2.27. The Hall–Kier alpha value is -1.48. The van der Waals surface area contributed by atoms with Gasteiger partial charge in [-0.15, -0.1) is 35.3 Å². The van der Waals surface area contributed by atoms with Gasteiger partial charge in [0.2, 0.25) is 0 Å². The van der Waals surface area contributed by atoms with Crippen LogP contribution in [0.3, 0.4) is 0 Å². The smallest absolute Gasteiger partial charge is 0.191 e. The lowest BCUT2D eigenvalue weighted by molar-refractivity contribution is 0.354. The molecule has 138 valence electrons. The van der Waals surface area contributed by atoms with Crippen molar-refractivity contribution in [2.24, 2.45) is 4.99 Å². The van der Waals surface area contributed by atoms with Gasteiger partial charge in [-0.25, -0.2) is 0 Å². The quantitative estimate of drug-likeness (QED) is 0.365. The Morgan fingerprint density at radius 2 is 1.84 bits per heavy atom. The topological polar surface area (TPSA) is 54.9 Å². The molecule has 0 unspecified atom stereocenters. The third-order valence-corrected chi connectivity index (χ3v) is 4.60. The molecule has 0 aliphatic rings. The van der Waals surface area contributed by atoms with Crippen molar-refractivity contribution in [3.63, 3.8) is 0 Å². The molecule has 0 aliphatic carbocycles. The Morgan fingerprint density at radius 3 is 2.44 bits per heavy atom. The molecule has 0 saturated carbocycles. The van der Waals surface area contributed by atoms with Crippen LogP contribution in [0.4, 0.5) is 0 Å². The third-order valence-electron chi connectivity index (χ3n) is 3.60. The van der Waals surface area contributed by atoms with Gasteiger partial charge in [0.05, 0.1) is 20.8 Å². The fourth-order valence-corrected chi connectivity index (χ4v) is 3.16. The number of rotatable bonds is 7. The second-order valence-corrected chi connectivity index (χ2v) is 6.68. The monoisotopic (exact) mass is 475 g/mol. The zero-order chi connectivity index (χ0) is 17.4. The molecule has 25 heavy (non-hydrogen) atoms. The fourth-order valence-electron chi connectivity index (χ4n) is 2.33. The second-order valence-electron chi connectivity index (χ2n) is 5.30. The number of methoxy groups -OCH3 is 2. The molecule has 2 N–H and O–H groups in total. The molecule has 0 bridgehead atoms. The maximum absolute atomic E-state index is 5.33. The van der Waals surface area contributed by atoms with E-state index in [4.69, 9.17) is 9.47 Å². The van der Waals surface area contributed by atoms with Gasteiger partial charge in [-0.1, -0.05) is 6.07 Å². The number of hydrogen-bond acceptors (Lipinski definition) is 4. The number of guanidine groups is 1. The van der Waals surface area contributed by atoms with Crippen molar-refractivity contribution in [2.45, 2.75) is 19.9 Å². The summed E-state index contributed by atoms with van der Waals surface area (Å²) < 4.78 is 10.6. The highest BCUT2D eigenvalue weighted by molar-refractivity contribution is 14.0. The minimum atomic E-state index is 0. The van der Waals surface area contributed by atoms with Gasteiger partial charge in [0, 0.05) is 23.3 Å². The molecule has 7 heteroatoms. The first kappa shape index (κ1) is 21.6. The highest BCUT2D eigenvalue weighted by atomic mass is 127. The summed E-state index contributed by atoms with van der Waals surface area (Å²) in [5, 5.41) is 6.66. The molecule has 1 heterocycles. The van der Waals surface area contributed by atoms with Crippen molar-refractivity contribution in [1.29, 1.82) is 0 Å². The highest BCUT2D eigenvalue weighted by Gasteiger charge is 2.05. The maximum atomic E-state index is 5.33. The van der Waals surface area contributed by atoms with Crippen LogP contribution in [0.5, 0.6) is 11.5 Å². The molecule has 0 atom stereocenters. The van der Waals surface area contributed by atoms with Gasteiger partial charge in [-0.3, -0.25) is 4.99 Å². The summed E-state index contributed by atoms with van der Waals surface area (Å²) in [5.74, 6) is 2.31. The van der Waals surface area contributed by atoms with E-state index in [9.17, 15) is 0 Å². The van der Waals surface area contributed by atoms with E-state index in [-0.39, 0.29) is 24.0 Å². The number of aliphatic imine (C=N–C) groups is 1. The lowest BCUT2D eigenvalue weighted by Gasteiger charge is -2.12. The Bertz CT molecular complexity index is 689. The summed E-state index contributed by atoms with van der Waals surface area (Å²) in [6.45, 7) is 3.69. The number of hydrogen-bond donors (Lipinski definition) is 2. The zero-order valence-electron chi connectivity index (χ0n) is 15.1. The van der Waals surface area contributed by atoms with Gasteiger partial charge in [-0.05, 0) is 43.2 Å². The van der Waals surface area contributed by atoms with Crippen LogP contribution in [-0.4, -0.2) is 33.8 Å². The summed E-state index contributed by atoms with van der Waals surface area (Å²) in [6, 6.07) is 10.3. The molecule has 2 aromatic rings. The van der Waals surface area contributed by atoms with Crippen LogP contribution >= 0.6 is 35.3 Å². The number of ether oxygens (including phenoxy) is 2. The normalized spacial score (nSPS) is 10.8. The van der Waals surface area contributed by atoms with E-state index < -0.39 is 0 Å². The molecule has 0 radical (unpaired) electrons. The molecule has 0 aliphatic heterocycles. The lowest BCUT2D eigenvalue weighted by Crippen LogP contribution is -2.37. The molecule has 0 spiro atoms. The van der Waals surface area contributed by atoms with E-state index in [1.54, 1.807) is 32.6 Å². The van der Waals surface area contributed by atoms with Crippen molar-refractivity contribution in [1.82, 2.24) is 10.6 Å². The van der Waals surface area contributed by atoms with E-state index in [2.05, 4.69) is 34.7 Å². The molecule has 0 fully saturated rings. The van der Waals surface area contributed by atoms with Crippen LogP contribution in [-0.2, 0) is 13.0 Å². The first-order valence-corrected chi connectivity index (χ1v) is 8.68. The minimum absolute atomic E-state index is 0. The average Bonchev–Trinajstić information content (AvgIpc) is 3.03. The minimum Gasteiger partial charge on any atom is -0.493 e. The van der Waals surface area contributed by atoms with Crippen molar-refractivity contribution in [3.05, 3.63) is 45.6 Å². The van der Waals surface area contributed by atoms with Crippen LogP contribution in [0, 0.1) is 6.92 Å². The Labute approximate surface area is 170 Å². The molecule has 1 aromatic heterocycles. The van der Waals surface area contributed by atoms with Crippen molar-refractivity contribution in [3.8, 4) is 11.5 Å². The lowest BCUT2D eigenvalue weighted by atomic mass is 10.1. The van der Waals surface area contributed by atoms with Crippen LogP contribution in [0.15, 0.2) is 35.3 Å². The van der Waals surface area contributed by atoms with Crippen LogP contribution in [0.2, 0.25) is 0 Å². The largest absolute Gasteiger partial charge is 0.493 e. The summed E-state index contributed by atoms with van der Waals surface area (Å²) in [6.07, 6.45) is 0.874. The van der Waals surface area contributed by atoms with Gasteiger partial charge in [0.15, 0.2) is 17.5 Å². The zero-order valence-corrected chi connectivity index (χ0v) is 18.2. The predicted molar refractivity (Wildman–Crippen MR) is 116 cm³/mol. The molecule has 0 saturated heterocycles.